The van der Waals surface area contributed by atoms with E-state index in [1.807, 2.05) is 36.0 Å². The van der Waals surface area contributed by atoms with E-state index in [0.29, 0.717) is 11.3 Å². The molecule has 1 heterocycles. The Morgan fingerprint density at radius 2 is 2.03 bits per heavy atom. The fourth-order valence-corrected chi connectivity index (χ4v) is 3.92. The maximum absolute atomic E-state index is 14.9. The highest BCUT2D eigenvalue weighted by molar-refractivity contribution is 7.98. The van der Waals surface area contributed by atoms with Crippen molar-refractivity contribution >= 4 is 29.4 Å². The van der Waals surface area contributed by atoms with Gasteiger partial charge in [0.2, 0.25) is 5.91 Å². The summed E-state index contributed by atoms with van der Waals surface area (Å²) in [6.07, 6.45) is 1.09. The summed E-state index contributed by atoms with van der Waals surface area (Å²) in [5.41, 5.74) is 2.87. The summed E-state index contributed by atoms with van der Waals surface area (Å²) in [5.74, 6) is 0.494. The van der Waals surface area contributed by atoms with Crippen LogP contribution in [0, 0.1) is 5.82 Å². The molecule has 1 atom stereocenters. The average Bonchev–Trinajstić information content (AvgIpc) is 3.12. The molecule has 2 amide bonds. The first kappa shape index (κ1) is 23.1. The number of carbonyl (C=O) groups excluding carboxylic acids is 2. The van der Waals surface area contributed by atoms with E-state index >= 15 is 0 Å². The van der Waals surface area contributed by atoms with Gasteiger partial charge in [0, 0.05) is 31.3 Å². The molecule has 3 rings (SSSR count). The van der Waals surface area contributed by atoms with Gasteiger partial charge in [0.05, 0.1) is 18.8 Å². The molecule has 0 aromatic heterocycles. The molecule has 1 aliphatic heterocycles. The number of ether oxygens (including phenoxy) is 1. The van der Waals surface area contributed by atoms with Crippen molar-refractivity contribution in [2.75, 3.05) is 43.6 Å². The average molecular weight is 446 g/mol. The van der Waals surface area contributed by atoms with Gasteiger partial charge in [-0.05, 0) is 42.6 Å². The highest BCUT2D eigenvalue weighted by Crippen LogP contribution is 2.29. The standard InChI is InChI=1S/C23H28FN3O3S/c1-16(28)25-13-20-15-27(23(29)30-20)19-8-9-21(22(24)12-19)18-6-4-17(5-7-18)14-26(2)10-11-31-3/h4-9,12,20H,10-11,13-15H2,1-3H3,(H,25,28)/t20-/m0/s1. The summed E-state index contributed by atoms with van der Waals surface area (Å²) in [7, 11) is 2.09. The van der Waals surface area contributed by atoms with Gasteiger partial charge in [-0.15, -0.1) is 0 Å². The Hall–Kier alpha value is -2.58. The number of nitrogens with one attached hydrogen (secondary N) is 1. The first-order valence-corrected chi connectivity index (χ1v) is 11.6. The van der Waals surface area contributed by atoms with Crippen molar-refractivity contribution in [1.82, 2.24) is 10.2 Å². The number of rotatable bonds is 9. The Balaban J connectivity index is 1.67. The van der Waals surface area contributed by atoms with Crippen molar-refractivity contribution in [3.8, 4) is 11.1 Å². The summed E-state index contributed by atoms with van der Waals surface area (Å²) in [5, 5.41) is 2.63. The van der Waals surface area contributed by atoms with Crippen molar-refractivity contribution in [2.24, 2.45) is 0 Å². The van der Waals surface area contributed by atoms with Crippen LogP contribution < -0.4 is 10.2 Å². The van der Waals surface area contributed by atoms with Crippen LogP contribution in [0.4, 0.5) is 14.9 Å². The fourth-order valence-electron chi connectivity index (χ4n) is 3.43. The quantitative estimate of drug-likeness (QED) is 0.637. The maximum atomic E-state index is 14.9. The Bertz CT molecular complexity index is 923. The molecule has 1 saturated heterocycles. The van der Waals surface area contributed by atoms with Gasteiger partial charge in [-0.2, -0.15) is 11.8 Å². The molecule has 2 aromatic carbocycles. The van der Waals surface area contributed by atoms with Crippen LogP contribution in [0.2, 0.25) is 0 Å². The molecule has 166 valence electrons. The van der Waals surface area contributed by atoms with Gasteiger partial charge < -0.3 is 15.0 Å². The molecule has 0 aliphatic carbocycles. The van der Waals surface area contributed by atoms with E-state index in [0.717, 1.165) is 24.4 Å². The second-order valence-electron chi connectivity index (χ2n) is 7.65. The third kappa shape index (κ3) is 6.21. The van der Waals surface area contributed by atoms with E-state index < -0.39 is 18.0 Å². The topological polar surface area (TPSA) is 61.9 Å². The lowest BCUT2D eigenvalue weighted by molar-refractivity contribution is -0.119. The second kappa shape index (κ2) is 10.6. The first-order valence-electron chi connectivity index (χ1n) is 10.2. The molecule has 0 radical (unpaired) electrons. The SMILES string of the molecule is CSCCN(C)Cc1ccc(-c2ccc(N3C[C@H](CNC(C)=O)OC3=O)cc2F)cc1. The highest BCUT2D eigenvalue weighted by atomic mass is 32.2. The number of nitrogens with zero attached hydrogens (tertiary/aromatic N) is 2. The van der Waals surface area contributed by atoms with Gasteiger partial charge in [0.25, 0.3) is 0 Å². The molecule has 8 heteroatoms. The molecule has 1 aliphatic rings. The molecule has 0 bridgehead atoms. The number of anilines is 1. The number of hydrogen-bond donors (Lipinski definition) is 1. The van der Waals surface area contributed by atoms with Crippen LogP contribution in [0.15, 0.2) is 42.5 Å². The second-order valence-corrected chi connectivity index (χ2v) is 8.63. The zero-order chi connectivity index (χ0) is 22.4. The van der Waals surface area contributed by atoms with E-state index in [1.165, 1.54) is 23.5 Å². The van der Waals surface area contributed by atoms with Gasteiger partial charge in [-0.1, -0.05) is 24.3 Å². The summed E-state index contributed by atoms with van der Waals surface area (Å²) >= 11 is 1.82. The van der Waals surface area contributed by atoms with E-state index in [2.05, 4.69) is 23.5 Å². The predicted molar refractivity (Wildman–Crippen MR) is 123 cm³/mol. The Kier molecular flexibility index (Phi) is 7.92. The number of hydrogen-bond acceptors (Lipinski definition) is 5. The summed E-state index contributed by atoms with van der Waals surface area (Å²) in [6, 6.07) is 12.6. The van der Waals surface area contributed by atoms with Crippen LogP contribution in [0.3, 0.4) is 0 Å². The fraction of sp³-hybridized carbons (Fsp3) is 0.391. The molecule has 0 saturated carbocycles. The molecule has 6 nitrogen and oxygen atoms in total. The summed E-state index contributed by atoms with van der Waals surface area (Å²) in [6.45, 7) is 3.76. The van der Waals surface area contributed by atoms with Crippen LogP contribution in [-0.2, 0) is 16.1 Å². The van der Waals surface area contributed by atoms with Crippen molar-refractivity contribution in [2.45, 2.75) is 19.6 Å². The lowest BCUT2D eigenvalue weighted by Crippen LogP contribution is -2.33. The van der Waals surface area contributed by atoms with E-state index in [9.17, 15) is 14.0 Å². The number of cyclic esters (lactones) is 1. The monoisotopic (exact) mass is 445 g/mol. The van der Waals surface area contributed by atoms with E-state index in [1.54, 1.807) is 12.1 Å². The van der Waals surface area contributed by atoms with Gasteiger partial charge in [0.15, 0.2) is 0 Å². The number of benzene rings is 2. The third-order valence-corrected chi connectivity index (χ3v) is 5.70. The number of carbonyl (C=O) groups is 2. The van der Waals surface area contributed by atoms with E-state index in [4.69, 9.17) is 4.74 Å². The highest BCUT2D eigenvalue weighted by Gasteiger charge is 2.32. The largest absolute Gasteiger partial charge is 0.442 e. The molecule has 2 aromatic rings. The minimum atomic E-state index is -0.544. The van der Waals surface area contributed by atoms with Crippen LogP contribution in [0.5, 0.6) is 0 Å². The van der Waals surface area contributed by atoms with Gasteiger partial charge >= 0.3 is 6.09 Å². The van der Waals surface area contributed by atoms with Crippen LogP contribution >= 0.6 is 11.8 Å². The van der Waals surface area contributed by atoms with Crippen molar-refractivity contribution in [3.63, 3.8) is 0 Å². The molecule has 0 unspecified atom stereocenters. The van der Waals surface area contributed by atoms with Gasteiger partial charge in [0.1, 0.15) is 11.9 Å². The molecule has 31 heavy (non-hydrogen) atoms. The third-order valence-electron chi connectivity index (χ3n) is 5.11. The summed E-state index contributed by atoms with van der Waals surface area (Å²) < 4.78 is 20.1. The number of thioether (sulfide) groups is 1. The number of amides is 2. The lowest BCUT2D eigenvalue weighted by atomic mass is 10.0. The zero-order valence-corrected chi connectivity index (χ0v) is 18.9. The molecular weight excluding hydrogens is 417 g/mol. The van der Waals surface area contributed by atoms with Crippen molar-refractivity contribution in [1.29, 1.82) is 0 Å². The smallest absolute Gasteiger partial charge is 0.414 e. The normalized spacial score (nSPS) is 16.0. The minimum absolute atomic E-state index is 0.192. The molecule has 1 fully saturated rings. The van der Waals surface area contributed by atoms with Gasteiger partial charge in [-0.25, -0.2) is 9.18 Å². The van der Waals surface area contributed by atoms with Gasteiger partial charge in [-0.3, -0.25) is 9.69 Å². The molecule has 1 N–H and O–H groups in total. The first-order chi connectivity index (χ1) is 14.9. The van der Waals surface area contributed by atoms with Crippen LogP contribution in [0.1, 0.15) is 12.5 Å². The van der Waals surface area contributed by atoms with Crippen LogP contribution in [0.25, 0.3) is 11.1 Å². The van der Waals surface area contributed by atoms with Crippen LogP contribution in [-0.4, -0.2) is 61.7 Å². The zero-order valence-electron chi connectivity index (χ0n) is 18.1. The summed E-state index contributed by atoms with van der Waals surface area (Å²) in [4.78, 5) is 26.8. The van der Waals surface area contributed by atoms with E-state index in [-0.39, 0.29) is 19.0 Å². The lowest BCUT2D eigenvalue weighted by Gasteiger charge is -2.16. The Morgan fingerprint density at radius 3 is 2.68 bits per heavy atom. The van der Waals surface area contributed by atoms with Crippen molar-refractivity contribution in [3.05, 3.63) is 53.8 Å². The van der Waals surface area contributed by atoms with Crippen molar-refractivity contribution < 1.29 is 18.7 Å². The number of halogens is 1. The Morgan fingerprint density at radius 1 is 1.29 bits per heavy atom. The molecular formula is C23H28FN3O3S. The maximum Gasteiger partial charge on any atom is 0.414 e. The Labute approximate surface area is 186 Å². The molecule has 0 spiro atoms. The minimum Gasteiger partial charge on any atom is -0.442 e. The predicted octanol–water partition coefficient (Wildman–Crippen LogP) is 3.75.